The topological polar surface area (TPSA) is 55.8 Å². The summed E-state index contributed by atoms with van der Waals surface area (Å²) in [5.41, 5.74) is 1.32. The molecule has 23 heavy (non-hydrogen) atoms. The molecule has 0 radical (unpaired) electrons. The number of aliphatic hydroxyl groups is 1. The van der Waals surface area contributed by atoms with Gasteiger partial charge in [-0.15, -0.1) is 0 Å². The summed E-state index contributed by atoms with van der Waals surface area (Å²) in [5, 5.41) is 12.4. The van der Waals surface area contributed by atoms with Crippen LogP contribution in [0.2, 0.25) is 0 Å². The Labute approximate surface area is 138 Å². The van der Waals surface area contributed by atoms with E-state index in [1.165, 1.54) is 5.56 Å². The number of carbonyl (C=O) groups excluding carboxylic acids is 1. The summed E-state index contributed by atoms with van der Waals surface area (Å²) >= 11 is 0. The summed E-state index contributed by atoms with van der Waals surface area (Å²) in [7, 11) is 0. The molecule has 5 heteroatoms. The van der Waals surface area contributed by atoms with Crippen LogP contribution in [0.4, 0.5) is 4.79 Å². The lowest BCUT2D eigenvalue weighted by Gasteiger charge is -2.34. The standard InChI is InChI=1S/C18H27N3O2/c22-14-16-8-10-21(12-16)18(23)19-17-7-4-9-20(13-17)11-15-5-2-1-3-6-15/h1-3,5-6,16-17,22H,4,7-14H2,(H,19,23). The molecule has 2 atom stereocenters. The van der Waals surface area contributed by atoms with Gasteiger partial charge in [0.05, 0.1) is 0 Å². The Morgan fingerprint density at radius 2 is 2.00 bits per heavy atom. The van der Waals surface area contributed by atoms with Crippen LogP contribution in [0, 0.1) is 5.92 Å². The lowest BCUT2D eigenvalue weighted by atomic mass is 10.0. The monoisotopic (exact) mass is 317 g/mol. The highest BCUT2D eigenvalue weighted by molar-refractivity contribution is 5.74. The molecule has 0 aliphatic carbocycles. The second-order valence-electron chi connectivity index (χ2n) is 6.79. The van der Waals surface area contributed by atoms with Crippen molar-refractivity contribution in [2.45, 2.75) is 31.8 Å². The molecule has 1 aromatic carbocycles. The van der Waals surface area contributed by atoms with Crippen molar-refractivity contribution >= 4 is 6.03 Å². The van der Waals surface area contributed by atoms with Gasteiger partial charge in [-0.25, -0.2) is 4.79 Å². The van der Waals surface area contributed by atoms with Crippen molar-refractivity contribution in [3.05, 3.63) is 35.9 Å². The number of amides is 2. The van der Waals surface area contributed by atoms with Crippen LogP contribution < -0.4 is 5.32 Å². The van der Waals surface area contributed by atoms with E-state index in [0.717, 1.165) is 45.4 Å². The third-order valence-electron chi connectivity index (χ3n) is 4.91. The number of rotatable bonds is 4. The summed E-state index contributed by atoms with van der Waals surface area (Å²) < 4.78 is 0. The summed E-state index contributed by atoms with van der Waals surface area (Å²) in [5.74, 6) is 0.252. The Balaban J connectivity index is 1.48. The van der Waals surface area contributed by atoms with Crippen LogP contribution in [0.1, 0.15) is 24.8 Å². The van der Waals surface area contributed by atoms with E-state index in [1.54, 1.807) is 0 Å². The number of nitrogens with zero attached hydrogens (tertiary/aromatic N) is 2. The molecule has 2 amide bonds. The van der Waals surface area contributed by atoms with Crippen molar-refractivity contribution in [3.63, 3.8) is 0 Å². The summed E-state index contributed by atoms with van der Waals surface area (Å²) in [6.45, 7) is 4.58. The molecule has 2 N–H and O–H groups in total. The van der Waals surface area contributed by atoms with E-state index in [4.69, 9.17) is 0 Å². The van der Waals surface area contributed by atoms with Gasteiger partial charge in [-0.2, -0.15) is 0 Å². The van der Waals surface area contributed by atoms with Gasteiger partial charge in [0.25, 0.3) is 0 Å². The van der Waals surface area contributed by atoms with Gasteiger partial charge in [0.2, 0.25) is 0 Å². The van der Waals surface area contributed by atoms with Gasteiger partial charge in [-0.1, -0.05) is 30.3 Å². The average Bonchev–Trinajstić information content (AvgIpc) is 3.05. The fourth-order valence-electron chi connectivity index (χ4n) is 3.59. The number of hydrogen-bond donors (Lipinski definition) is 2. The van der Waals surface area contributed by atoms with E-state index >= 15 is 0 Å². The first kappa shape index (κ1) is 16.3. The molecule has 2 unspecified atom stereocenters. The van der Waals surface area contributed by atoms with Crippen LogP contribution in [-0.4, -0.2) is 59.8 Å². The molecule has 5 nitrogen and oxygen atoms in total. The molecule has 0 bridgehead atoms. The SMILES string of the molecule is O=C(NC1CCCN(Cc2ccccc2)C1)N1CCC(CO)C1. The van der Waals surface area contributed by atoms with Crippen molar-refractivity contribution in [1.29, 1.82) is 0 Å². The second-order valence-corrected chi connectivity index (χ2v) is 6.79. The third kappa shape index (κ3) is 4.45. The van der Waals surface area contributed by atoms with E-state index in [0.29, 0.717) is 6.54 Å². The number of carbonyl (C=O) groups is 1. The molecule has 126 valence electrons. The minimum Gasteiger partial charge on any atom is -0.396 e. The van der Waals surface area contributed by atoms with Gasteiger partial charge in [-0.3, -0.25) is 4.90 Å². The minimum absolute atomic E-state index is 0.0347. The first-order chi connectivity index (χ1) is 11.2. The second kappa shape index (κ2) is 7.79. The lowest BCUT2D eigenvalue weighted by Crippen LogP contribution is -2.51. The molecule has 2 fully saturated rings. The fourth-order valence-corrected chi connectivity index (χ4v) is 3.59. The van der Waals surface area contributed by atoms with Gasteiger partial charge in [-0.05, 0) is 31.4 Å². The zero-order valence-electron chi connectivity index (χ0n) is 13.7. The van der Waals surface area contributed by atoms with Gasteiger partial charge >= 0.3 is 6.03 Å². The molecule has 2 heterocycles. The molecule has 0 saturated carbocycles. The van der Waals surface area contributed by atoms with Crippen LogP contribution in [0.15, 0.2) is 30.3 Å². The number of aliphatic hydroxyl groups excluding tert-OH is 1. The van der Waals surface area contributed by atoms with Gasteiger partial charge < -0.3 is 15.3 Å². The van der Waals surface area contributed by atoms with Crippen LogP contribution in [-0.2, 0) is 6.54 Å². The first-order valence-corrected chi connectivity index (χ1v) is 8.67. The molecule has 2 aliphatic heterocycles. The van der Waals surface area contributed by atoms with Crippen molar-refractivity contribution in [2.75, 3.05) is 32.8 Å². The van der Waals surface area contributed by atoms with Gasteiger partial charge in [0, 0.05) is 44.7 Å². The number of likely N-dealkylation sites (tertiary alicyclic amines) is 2. The zero-order valence-corrected chi connectivity index (χ0v) is 13.7. The average molecular weight is 317 g/mol. The van der Waals surface area contributed by atoms with Crippen molar-refractivity contribution in [1.82, 2.24) is 15.1 Å². The molecular weight excluding hydrogens is 290 g/mol. The molecule has 1 aromatic rings. The predicted octanol–water partition coefficient (Wildman–Crippen LogP) is 1.67. The van der Waals surface area contributed by atoms with Crippen LogP contribution in [0.5, 0.6) is 0 Å². The third-order valence-corrected chi connectivity index (χ3v) is 4.91. The highest BCUT2D eigenvalue weighted by Gasteiger charge is 2.28. The molecule has 3 rings (SSSR count). The van der Waals surface area contributed by atoms with E-state index in [9.17, 15) is 9.90 Å². The number of hydrogen-bond acceptors (Lipinski definition) is 3. The normalized spacial score (nSPS) is 25.5. The Hall–Kier alpha value is -1.59. The van der Waals surface area contributed by atoms with Crippen molar-refractivity contribution < 1.29 is 9.90 Å². The maximum absolute atomic E-state index is 12.4. The number of piperidine rings is 1. The molecule has 2 aliphatic rings. The Morgan fingerprint density at radius 1 is 1.17 bits per heavy atom. The number of nitrogens with one attached hydrogen (secondary N) is 1. The predicted molar refractivity (Wildman–Crippen MR) is 90.0 cm³/mol. The maximum atomic E-state index is 12.4. The molecule has 2 saturated heterocycles. The highest BCUT2D eigenvalue weighted by atomic mass is 16.3. The Kier molecular flexibility index (Phi) is 5.51. The van der Waals surface area contributed by atoms with Gasteiger partial charge in [0.1, 0.15) is 0 Å². The van der Waals surface area contributed by atoms with Crippen molar-refractivity contribution in [3.8, 4) is 0 Å². The lowest BCUT2D eigenvalue weighted by molar-refractivity contribution is 0.165. The van der Waals surface area contributed by atoms with E-state index < -0.39 is 0 Å². The van der Waals surface area contributed by atoms with Crippen molar-refractivity contribution in [2.24, 2.45) is 5.92 Å². The molecule has 0 spiro atoms. The first-order valence-electron chi connectivity index (χ1n) is 8.67. The van der Waals surface area contributed by atoms with Crippen LogP contribution in [0.25, 0.3) is 0 Å². The highest BCUT2D eigenvalue weighted by Crippen LogP contribution is 2.17. The Morgan fingerprint density at radius 3 is 2.74 bits per heavy atom. The van der Waals surface area contributed by atoms with E-state index in [-0.39, 0.29) is 24.6 Å². The van der Waals surface area contributed by atoms with Crippen LogP contribution >= 0.6 is 0 Å². The van der Waals surface area contributed by atoms with Gasteiger partial charge in [0.15, 0.2) is 0 Å². The number of urea groups is 1. The van der Waals surface area contributed by atoms with E-state index in [2.05, 4.69) is 34.5 Å². The summed E-state index contributed by atoms with van der Waals surface area (Å²) in [4.78, 5) is 16.6. The quantitative estimate of drug-likeness (QED) is 0.888. The van der Waals surface area contributed by atoms with Crippen LogP contribution in [0.3, 0.4) is 0 Å². The zero-order chi connectivity index (χ0) is 16.1. The number of benzene rings is 1. The Bertz CT molecular complexity index is 508. The molecule has 0 aromatic heterocycles. The molecular formula is C18H27N3O2. The smallest absolute Gasteiger partial charge is 0.317 e. The fraction of sp³-hybridized carbons (Fsp3) is 0.611. The maximum Gasteiger partial charge on any atom is 0.317 e. The summed E-state index contributed by atoms with van der Waals surface area (Å²) in [6.07, 6.45) is 3.08. The van der Waals surface area contributed by atoms with E-state index in [1.807, 2.05) is 11.0 Å². The largest absolute Gasteiger partial charge is 0.396 e. The summed E-state index contributed by atoms with van der Waals surface area (Å²) in [6, 6.07) is 10.8. The minimum atomic E-state index is 0.0347.